The van der Waals surface area contributed by atoms with E-state index in [1.54, 1.807) is 0 Å². The van der Waals surface area contributed by atoms with Crippen molar-refractivity contribution in [2.45, 2.75) is 239 Å². The van der Waals surface area contributed by atoms with E-state index in [9.17, 15) is 24.3 Å². The lowest BCUT2D eigenvalue weighted by atomic mass is 9.77. The van der Waals surface area contributed by atoms with Gasteiger partial charge < -0.3 is 14.7 Å². The zero-order valence-electron chi connectivity index (χ0n) is 37.4. The molecular weight excluding hydrogens is 727 g/mol. The maximum atomic E-state index is 13.2. The van der Waals surface area contributed by atoms with Crippen molar-refractivity contribution < 1.29 is 33.9 Å². The van der Waals surface area contributed by atoms with E-state index < -0.39 is 23.8 Å². The molecule has 0 spiro atoms. The molecule has 0 bridgehead atoms. The smallest absolute Gasteiger partial charge is 0.359 e. The van der Waals surface area contributed by atoms with E-state index in [1.165, 1.54) is 161 Å². The molecule has 8 heteroatoms. The van der Waals surface area contributed by atoms with Gasteiger partial charge in [0.25, 0.3) is 5.91 Å². The number of carbonyl (C=O) groups is 4. The Hall–Kier alpha value is -2.90. The summed E-state index contributed by atoms with van der Waals surface area (Å²) in [6.45, 7) is 4.81. The van der Waals surface area contributed by atoms with Gasteiger partial charge >= 0.3 is 17.9 Å². The summed E-state index contributed by atoms with van der Waals surface area (Å²) in [5.41, 5.74) is 2.11. The van der Waals surface area contributed by atoms with Gasteiger partial charge in [0.15, 0.2) is 0 Å². The van der Waals surface area contributed by atoms with Crippen LogP contribution in [0.4, 0.5) is 0 Å². The number of hydrogen-bond donors (Lipinski definition) is 2. The number of hydrogen-bond acceptors (Lipinski definition) is 6. The summed E-state index contributed by atoms with van der Waals surface area (Å²) in [4.78, 5) is 54.7. The van der Waals surface area contributed by atoms with E-state index in [1.807, 2.05) is 0 Å². The summed E-state index contributed by atoms with van der Waals surface area (Å²) in [6, 6.07) is 0. The first-order valence-corrected chi connectivity index (χ1v) is 24.4. The normalized spacial score (nSPS) is 14.8. The first-order valence-electron chi connectivity index (χ1n) is 24.4. The van der Waals surface area contributed by atoms with Crippen LogP contribution in [0.1, 0.15) is 239 Å². The van der Waals surface area contributed by atoms with Gasteiger partial charge in [0.1, 0.15) is 0 Å². The zero-order chi connectivity index (χ0) is 42.2. The molecule has 1 rings (SSSR count). The number of allylic oxidation sites excluding steroid dienone is 2. The molecule has 1 aliphatic carbocycles. The number of unbranched alkanes of at least 4 members (excludes halogenated alkanes) is 29. The summed E-state index contributed by atoms with van der Waals surface area (Å²) in [5.74, 6) is -3.86. The first-order chi connectivity index (χ1) is 28.4. The lowest BCUT2D eigenvalue weighted by Gasteiger charge is -2.28. The van der Waals surface area contributed by atoms with Crippen LogP contribution in [0.5, 0.6) is 0 Å². The van der Waals surface area contributed by atoms with Gasteiger partial charge in [-0.3, -0.25) is 4.79 Å². The molecule has 0 aromatic carbocycles. The van der Waals surface area contributed by atoms with Crippen molar-refractivity contribution in [3.8, 4) is 0 Å². The second-order valence-corrected chi connectivity index (χ2v) is 17.0. The Bertz CT molecular complexity index is 1130. The molecule has 1 aliphatic rings. The van der Waals surface area contributed by atoms with Crippen LogP contribution in [-0.4, -0.2) is 35.5 Å². The highest BCUT2D eigenvalue weighted by Gasteiger charge is 2.30. The molecule has 2 N–H and O–H groups in total. The molecule has 0 aromatic heterocycles. The van der Waals surface area contributed by atoms with Gasteiger partial charge in [-0.1, -0.05) is 219 Å². The standard InChI is InChI=1S/C50H87NO7/c1-3-5-7-9-11-13-15-17-19-21-23-25-27-29-31-36-42-57-49(55)41-40-47(52)51-58-50(56)46(43-48(53)54)45(44-37-33-32-34-38-44)39-35-30-28-26-24-22-20-18-16-14-12-10-8-6-4-2/h33,37,40-41,43-45H,3-32,34-36,38-39,42H2,1-2H3,(H,51,52)(H,53,54)/b41-40+,46-43+. The van der Waals surface area contributed by atoms with Crippen LogP contribution in [-0.2, 0) is 28.8 Å². The Kier molecular flexibility index (Phi) is 36.2. The highest BCUT2D eigenvalue weighted by atomic mass is 16.7. The molecule has 2 unspecified atom stereocenters. The monoisotopic (exact) mass is 814 g/mol. The number of carbonyl (C=O) groups excluding carboxylic acids is 3. The largest absolute Gasteiger partial charge is 0.478 e. The number of esters is 1. The summed E-state index contributed by atoms with van der Waals surface area (Å²) in [7, 11) is 0. The second-order valence-electron chi connectivity index (χ2n) is 17.0. The van der Waals surface area contributed by atoms with E-state index in [-0.39, 0.29) is 24.0 Å². The van der Waals surface area contributed by atoms with E-state index in [0.717, 1.165) is 76.0 Å². The van der Waals surface area contributed by atoms with Crippen molar-refractivity contribution in [2.24, 2.45) is 11.8 Å². The van der Waals surface area contributed by atoms with Gasteiger partial charge in [-0.2, -0.15) is 5.48 Å². The molecule has 0 fully saturated rings. The van der Waals surface area contributed by atoms with Crippen molar-refractivity contribution in [2.75, 3.05) is 6.61 Å². The van der Waals surface area contributed by atoms with Gasteiger partial charge in [-0.05, 0) is 43.9 Å². The van der Waals surface area contributed by atoms with Crippen LogP contribution >= 0.6 is 0 Å². The lowest BCUT2D eigenvalue weighted by molar-refractivity contribution is -0.153. The van der Waals surface area contributed by atoms with Crippen LogP contribution in [0.2, 0.25) is 0 Å². The quantitative estimate of drug-likeness (QED) is 0.0208. The SMILES string of the molecule is CCCCCCCCCCCCCCCCCCOC(=O)/C=C/C(=O)NOC(=O)/C(=C/C(=O)O)C(CCCCCCCCCCCCCCCCC)C1C=CCCC1. The molecule has 0 radical (unpaired) electrons. The van der Waals surface area contributed by atoms with E-state index in [4.69, 9.17) is 9.57 Å². The Labute approximate surface area is 355 Å². The average molecular weight is 814 g/mol. The molecule has 0 saturated carbocycles. The number of carboxylic acid groups (broad SMARTS) is 1. The highest BCUT2D eigenvalue weighted by molar-refractivity contribution is 5.98. The van der Waals surface area contributed by atoms with Crippen LogP contribution in [0.3, 0.4) is 0 Å². The molecule has 334 valence electrons. The number of rotatable bonds is 39. The number of carboxylic acids is 1. The van der Waals surface area contributed by atoms with Crippen molar-refractivity contribution >= 4 is 23.8 Å². The summed E-state index contributed by atoms with van der Waals surface area (Å²) in [5, 5.41) is 9.67. The van der Waals surface area contributed by atoms with Crippen LogP contribution in [0, 0.1) is 11.8 Å². The third-order valence-electron chi connectivity index (χ3n) is 11.7. The maximum Gasteiger partial charge on any atom is 0.359 e. The summed E-state index contributed by atoms with van der Waals surface area (Å²) < 4.78 is 5.23. The zero-order valence-corrected chi connectivity index (χ0v) is 37.4. The Morgan fingerprint density at radius 1 is 0.621 bits per heavy atom. The molecule has 2 atom stereocenters. The first kappa shape index (κ1) is 53.1. The molecule has 1 amide bonds. The number of hydroxylamine groups is 1. The predicted molar refractivity (Wildman–Crippen MR) is 239 cm³/mol. The van der Waals surface area contributed by atoms with E-state index in [0.29, 0.717) is 6.42 Å². The molecule has 8 nitrogen and oxygen atoms in total. The van der Waals surface area contributed by atoms with Crippen LogP contribution in [0.25, 0.3) is 0 Å². The molecule has 0 saturated heterocycles. The number of amides is 1. The number of aliphatic carboxylic acids is 1. The predicted octanol–water partition coefficient (Wildman–Crippen LogP) is 14.2. The minimum Gasteiger partial charge on any atom is -0.478 e. The Balaban J connectivity index is 2.31. The topological polar surface area (TPSA) is 119 Å². The van der Waals surface area contributed by atoms with Crippen LogP contribution < -0.4 is 5.48 Å². The molecule has 0 aromatic rings. The van der Waals surface area contributed by atoms with Crippen molar-refractivity contribution in [3.05, 3.63) is 36.0 Å². The highest BCUT2D eigenvalue weighted by Crippen LogP contribution is 2.34. The van der Waals surface area contributed by atoms with Gasteiger partial charge in [0.2, 0.25) is 0 Å². The number of nitrogens with one attached hydrogen (secondary N) is 1. The third-order valence-corrected chi connectivity index (χ3v) is 11.7. The average Bonchev–Trinajstić information content (AvgIpc) is 3.22. The minimum atomic E-state index is -1.23. The van der Waals surface area contributed by atoms with E-state index in [2.05, 4.69) is 31.5 Å². The number of ether oxygens (including phenoxy) is 1. The molecule has 0 aliphatic heterocycles. The van der Waals surface area contributed by atoms with Gasteiger partial charge in [-0.15, -0.1) is 0 Å². The summed E-state index contributed by atoms with van der Waals surface area (Å²) >= 11 is 0. The fraction of sp³-hybridized carbons (Fsp3) is 0.800. The Morgan fingerprint density at radius 3 is 1.47 bits per heavy atom. The fourth-order valence-electron chi connectivity index (χ4n) is 8.16. The lowest BCUT2D eigenvalue weighted by Crippen LogP contribution is -2.30. The van der Waals surface area contributed by atoms with E-state index >= 15 is 0 Å². The molecule has 0 heterocycles. The Morgan fingerprint density at radius 2 is 1.05 bits per heavy atom. The third kappa shape index (κ3) is 32.0. The van der Waals surface area contributed by atoms with Crippen LogP contribution in [0.15, 0.2) is 36.0 Å². The second kappa shape index (κ2) is 39.6. The van der Waals surface area contributed by atoms with Gasteiger partial charge in [-0.25, -0.2) is 14.4 Å². The van der Waals surface area contributed by atoms with Gasteiger partial charge in [0.05, 0.1) is 12.2 Å². The summed E-state index contributed by atoms with van der Waals surface area (Å²) in [6.07, 6.45) is 49.8. The fourth-order valence-corrected chi connectivity index (χ4v) is 8.16. The minimum absolute atomic E-state index is 0.0262. The molecular formula is C50H87NO7. The molecule has 58 heavy (non-hydrogen) atoms. The van der Waals surface area contributed by atoms with Crippen molar-refractivity contribution in [1.29, 1.82) is 0 Å². The van der Waals surface area contributed by atoms with Gasteiger partial charge in [0, 0.05) is 18.2 Å². The van der Waals surface area contributed by atoms with Crippen molar-refractivity contribution in [1.82, 2.24) is 5.48 Å². The van der Waals surface area contributed by atoms with Crippen molar-refractivity contribution in [3.63, 3.8) is 0 Å². The maximum absolute atomic E-state index is 13.2.